The highest BCUT2D eigenvalue weighted by Crippen LogP contribution is 2.29. The van der Waals surface area contributed by atoms with E-state index >= 15 is 0 Å². The van der Waals surface area contributed by atoms with E-state index in [1.807, 2.05) is 24.3 Å². The maximum Gasteiger partial charge on any atom is 0.253 e. The molecular formula is C23H28N2O4. The molecular weight excluding hydrogens is 368 g/mol. The number of nitrogens with one attached hydrogen (secondary N) is 1. The minimum Gasteiger partial charge on any atom is -0.493 e. The second kappa shape index (κ2) is 9.45. The van der Waals surface area contributed by atoms with Crippen LogP contribution in [0.1, 0.15) is 35.7 Å². The Morgan fingerprint density at radius 2 is 1.66 bits per heavy atom. The first-order valence-corrected chi connectivity index (χ1v) is 9.96. The Bertz CT molecular complexity index is 856. The molecule has 6 heteroatoms. The summed E-state index contributed by atoms with van der Waals surface area (Å²) in [6.45, 7) is 3.21. The van der Waals surface area contributed by atoms with Gasteiger partial charge in [-0.2, -0.15) is 0 Å². The Morgan fingerprint density at radius 3 is 2.24 bits per heavy atom. The number of rotatable bonds is 6. The third-order valence-electron chi connectivity index (χ3n) is 5.41. The number of carbonyl (C=O) groups excluding carboxylic acids is 2. The van der Waals surface area contributed by atoms with Crippen LogP contribution in [-0.4, -0.2) is 44.0 Å². The smallest absolute Gasteiger partial charge is 0.253 e. The largest absolute Gasteiger partial charge is 0.493 e. The van der Waals surface area contributed by atoms with E-state index in [1.54, 1.807) is 37.3 Å². The number of amides is 2. The van der Waals surface area contributed by atoms with Crippen LogP contribution in [0.25, 0.3) is 0 Å². The van der Waals surface area contributed by atoms with E-state index in [9.17, 15) is 9.59 Å². The predicted molar refractivity (Wildman–Crippen MR) is 113 cm³/mol. The van der Waals surface area contributed by atoms with Gasteiger partial charge in [0.2, 0.25) is 5.91 Å². The van der Waals surface area contributed by atoms with E-state index in [-0.39, 0.29) is 17.7 Å². The summed E-state index contributed by atoms with van der Waals surface area (Å²) in [6, 6.07) is 13.1. The zero-order valence-corrected chi connectivity index (χ0v) is 17.2. The molecule has 0 unspecified atom stereocenters. The van der Waals surface area contributed by atoms with Crippen molar-refractivity contribution in [1.82, 2.24) is 4.90 Å². The van der Waals surface area contributed by atoms with E-state index in [2.05, 4.69) is 12.2 Å². The van der Waals surface area contributed by atoms with Crippen molar-refractivity contribution < 1.29 is 19.1 Å². The monoisotopic (exact) mass is 396 g/mol. The summed E-state index contributed by atoms with van der Waals surface area (Å²) in [5.74, 6) is 0.996. The number of aryl methyl sites for hydroxylation is 1. The van der Waals surface area contributed by atoms with E-state index in [4.69, 9.17) is 9.47 Å². The molecule has 3 rings (SSSR count). The highest BCUT2D eigenvalue weighted by atomic mass is 16.5. The second-order valence-corrected chi connectivity index (χ2v) is 7.18. The normalized spacial score (nSPS) is 14.4. The van der Waals surface area contributed by atoms with Crippen LogP contribution in [0.15, 0.2) is 42.5 Å². The molecule has 29 heavy (non-hydrogen) atoms. The maximum absolute atomic E-state index is 12.8. The molecule has 1 fully saturated rings. The molecule has 2 aromatic carbocycles. The molecule has 0 atom stereocenters. The SMILES string of the molecule is CCc1ccc(NC(=O)C2CCN(C(=O)c3ccc(OC)c(OC)c3)CC2)cc1. The molecule has 0 aromatic heterocycles. The van der Waals surface area contributed by atoms with Gasteiger partial charge in [0.15, 0.2) is 11.5 Å². The van der Waals surface area contributed by atoms with Crippen molar-refractivity contribution in [2.75, 3.05) is 32.6 Å². The van der Waals surface area contributed by atoms with Gasteiger partial charge in [-0.3, -0.25) is 9.59 Å². The number of anilines is 1. The van der Waals surface area contributed by atoms with Crippen molar-refractivity contribution in [3.8, 4) is 11.5 Å². The molecule has 154 valence electrons. The van der Waals surface area contributed by atoms with Crippen LogP contribution in [0.4, 0.5) is 5.69 Å². The number of nitrogens with zero attached hydrogens (tertiary/aromatic N) is 1. The van der Waals surface area contributed by atoms with Crippen LogP contribution < -0.4 is 14.8 Å². The number of benzene rings is 2. The molecule has 0 spiro atoms. The van der Waals surface area contributed by atoms with Crippen molar-refractivity contribution in [1.29, 1.82) is 0 Å². The lowest BCUT2D eigenvalue weighted by Crippen LogP contribution is -2.41. The maximum atomic E-state index is 12.8. The van der Waals surface area contributed by atoms with Crippen molar-refractivity contribution >= 4 is 17.5 Å². The predicted octanol–water partition coefficient (Wildman–Crippen LogP) is 3.76. The van der Waals surface area contributed by atoms with E-state index < -0.39 is 0 Å². The molecule has 1 saturated heterocycles. The van der Waals surface area contributed by atoms with Crippen LogP contribution >= 0.6 is 0 Å². The number of likely N-dealkylation sites (tertiary alicyclic amines) is 1. The molecule has 1 aliphatic heterocycles. The minimum absolute atomic E-state index is 0.0208. The van der Waals surface area contributed by atoms with Crippen LogP contribution in [0.2, 0.25) is 0 Å². The number of hydrogen-bond donors (Lipinski definition) is 1. The fraction of sp³-hybridized carbons (Fsp3) is 0.391. The van der Waals surface area contributed by atoms with E-state index in [1.165, 1.54) is 5.56 Å². The molecule has 1 aliphatic rings. The number of methoxy groups -OCH3 is 2. The van der Waals surface area contributed by atoms with Gasteiger partial charge in [-0.1, -0.05) is 19.1 Å². The molecule has 0 radical (unpaired) electrons. The van der Waals surface area contributed by atoms with Gasteiger partial charge in [-0.15, -0.1) is 0 Å². The first kappa shape index (κ1) is 20.7. The van der Waals surface area contributed by atoms with Crippen LogP contribution in [0.3, 0.4) is 0 Å². The highest BCUT2D eigenvalue weighted by molar-refractivity contribution is 5.96. The fourth-order valence-electron chi connectivity index (χ4n) is 3.56. The number of hydrogen-bond acceptors (Lipinski definition) is 4. The summed E-state index contributed by atoms with van der Waals surface area (Å²) in [5, 5.41) is 2.99. The van der Waals surface area contributed by atoms with Crippen molar-refractivity contribution in [2.24, 2.45) is 5.92 Å². The quantitative estimate of drug-likeness (QED) is 0.807. The summed E-state index contributed by atoms with van der Waals surface area (Å²) in [5.41, 5.74) is 2.61. The van der Waals surface area contributed by atoms with Gasteiger partial charge in [-0.25, -0.2) is 0 Å². The van der Waals surface area contributed by atoms with Gasteiger partial charge in [0.05, 0.1) is 14.2 Å². The Labute approximate surface area is 171 Å². The first-order chi connectivity index (χ1) is 14.0. The first-order valence-electron chi connectivity index (χ1n) is 9.96. The topological polar surface area (TPSA) is 67.9 Å². The van der Waals surface area contributed by atoms with Gasteiger partial charge < -0.3 is 19.7 Å². The van der Waals surface area contributed by atoms with Gasteiger partial charge >= 0.3 is 0 Å². The Kier molecular flexibility index (Phi) is 6.75. The molecule has 2 amide bonds. The summed E-state index contributed by atoms with van der Waals surface area (Å²) < 4.78 is 10.5. The number of ether oxygens (including phenoxy) is 2. The third-order valence-corrected chi connectivity index (χ3v) is 5.41. The van der Waals surface area contributed by atoms with Crippen molar-refractivity contribution in [3.05, 3.63) is 53.6 Å². The van der Waals surface area contributed by atoms with E-state index in [0.29, 0.717) is 43.0 Å². The van der Waals surface area contributed by atoms with Gasteiger partial charge in [0.25, 0.3) is 5.91 Å². The molecule has 0 bridgehead atoms. The molecule has 2 aromatic rings. The lowest BCUT2D eigenvalue weighted by molar-refractivity contribution is -0.121. The van der Waals surface area contributed by atoms with E-state index in [0.717, 1.165) is 12.1 Å². The van der Waals surface area contributed by atoms with Crippen molar-refractivity contribution in [2.45, 2.75) is 26.2 Å². The minimum atomic E-state index is -0.0877. The lowest BCUT2D eigenvalue weighted by atomic mass is 9.95. The molecule has 0 aliphatic carbocycles. The molecule has 0 saturated carbocycles. The van der Waals surface area contributed by atoms with Gasteiger partial charge in [-0.05, 0) is 55.2 Å². The van der Waals surface area contributed by atoms with Gasteiger partial charge in [0, 0.05) is 30.3 Å². The lowest BCUT2D eigenvalue weighted by Gasteiger charge is -2.31. The molecule has 1 heterocycles. The zero-order valence-electron chi connectivity index (χ0n) is 17.2. The average Bonchev–Trinajstić information content (AvgIpc) is 2.78. The molecule has 6 nitrogen and oxygen atoms in total. The third kappa shape index (κ3) is 4.88. The summed E-state index contributed by atoms with van der Waals surface area (Å²) in [7, 11) is 3.11. The standard InChI is InChI=1S/C23H28N2O4/c1-4-16-5-8-19(9-6-16)24-22(26)17-11-13-25(14-12-17)23(27)18-7-10-20(28-2)21(15-18)29-3/h5-10,15,17H,4,11-14H2,1-3H3,(H,24,26). The summed E-state index contributed by atoms with van der Waals surface area (Å²) in [6.07, 6.45) is 2.27. The summed E-state index contributed by atoms with van der Waals surface area (Å²) in [4.78, 5) is 27.2. The van der Waals surface area contributed by atoms with Crippen molar-refractivity contribution in [3.63, 3.8) is 0 Å². The Morgan fingerprint density at radius 1 is 1.00 bits per heavy atom. The Hall–Kier alpha value is -3.02. The van der Waals surface area contributed by atoms with Crippen LogP contribution in [-0.2, 0) is 11.2 Å². The average molecular weight is 396 g/mol. The fourth-order valence-corrected chi connectivity index (χ4v) is 3.56. The molecule has 1 N–H and O–H groups in total. The zero-order chi connectivity index (χ0) is 20.8. The van der Waals surface area contributed by atoms with Crippen LogP contribution in [0.5, 0.6) is 11.5 Å². The number of carbonyl (C=O) groups is 2. The second-order valence-electron chi connectivity index (χ2n) is 7.18. The number of piperidine rings is 1. The highest BCUT2D eigenvalue weighted by Gasteiger charge is 2.28. The van der Waals surface area contributed by atoms with Gasteiger partial charge in [0.1, 0.15) is 0 Å². The van der Waals surface area contributed by atoms with Crippen LogP contribution in [0, 0.1) is 5.92 Å². The Balaban J connectivity index is 1.56. The summed E-state index contributed by atoms with van der Waals surface area (Å²) >= 11 is 0.